The smallest absolute Gasteiger partial charge is 0.254 e. The van der Waals surface area contributed by atoms with Gasteiger partial charge in [0.25, 0.3) is 5.91 Å². The molecule has 8 heteroatoms. The summed E-state index contributed by atoms with van der Waals surface area (Å²) in [6.07, 6.45) is 8.11. The first kappa shape index (κ1) is 28.3. The molecule has 6 atom stereocenters. The van der Waals surface area contributed by atoms with E-state index in [-0.39, 0.29) is 23.9 Å². The lowest BCUT2D eigenvalue weighted by molar-refractivity contribution is 0.0133. The Bertz CT molecular complexity index is 1500. The fraction of sp³-hybridized carbons (Fsp3) is 0.485. The van der Waals surface area contributed by atoms with Gasteiger partial charge >= 0.3 is 0 Å². The van der Waals surface area contributed by atoms with Gasteiger partial charge in [-0.2, -0.15) is 10.6 Å². The lowest BCUT2D eigenvalue weighted by atomic mass is 9.70. The fourth-order valence-corrected chi connectivity index (χ4v) is 7.63. The first-order valence-corrected chi connectivity index (χ1v) is 16.2. The second-order valence-electron chi connectivity index (χ2n) is 11.8. The average Bonchev–Trinajstić information content (AvgIpc) is 2.92. The summed E-state index contributed by atoms with van der Waals surface area (Å²) in [6.45, 7) is 3.97. The Morgan fingerprint density at radius 2 is 2.02 bits per heavy atom. The lowest BCUT2D eigenvalue weighted by Gasteiger charge is -2.43. The number of hydrogen-bond acceptors (Lipinski definition) is 6. The van der Waals surface area contributed by atoms with Crippen LogP contribution in [-0.4, -0.2) is 38.0 Å². The molecule has 0 aromatic heterocycles. The van der Waals surface area contributed by atoms with Crippen molar-refractivity contribution in [3.05, 3.63) is 70.3 Å². The molecule has 1 saturated carbocycles. The van der Waals surface area contributed by atoms with Crippen molar-refractivity contribution < 1.29 is 18.5 Å². The number of hydrogen-bond donors (Lipinski definition) is 0. The molecule has 2 heterocycles. The van der Waals surface area contributed by atoms with Gasteiger partial charge in [0.15, 0.2) is 0 Å². The van der Waals surface area contributed by atoms with Crippen LogP contribution in [0.3, 0.4) is 0 Å². The molecule has 6 nitrogen and oxygen atoms in total. The molecule has 1 fully saturated rings. The third kappa shape index (κ3) is 6.07. The summed E-state index contributed by atoms with van der Waals surface area (Å²) in [6, 6.07) is 11.6. The van der Waals surface area contributed by atoms with Gasteiger partial charge in [0.05, 0.1) is 24.3 Å². The molecule has 0 saturated heterocycles. The molecule has 2 aliphatic carbocycles. The van der Waals surface area contributed by atoms with Gasteiger partial charge in [0.1, 0.15) is 5.75 Å². The molecular weight excluding hydrogens is 556 g/mol. The molecule has 41 heavy (non-hydrogen) atoms. The van der Waals surface area contributed by atoms with E-state index in [1.54, 1.807) is 13.2 Å². The van der Waals surface area contributed by atoms with Gasteiger partial charge in [-0.15, -0.1) is 0 Å². The second-order valence-corrected chi connectivity index (χ2v) is 13.4. The highest BCUT2D eigenvalue weighted by molar-refractivity contribution is 7.75. The van der Waals surface area contributed by atoms with Gasteiger partial charge in [-0.1, -0.05) is 60.3 Å². The molecule has 216 valence electrons. The highest BCUT2D eigenvalue weighted by Gasteiger charge is 2.38. The van der Waals surface area contributed by atoms with Crippen LogP contribution < -0.4 is 9.64 Å². The van der Waals surface area contributed by atoms with Crippen LogP contribution in [0.25, 0.3) is 0 Å². The monoisotopic (exact) mass is 591 g/mol. The Balaban J connectivity index is 1.46. The summed E-state index contributed by atoms with van der Waals surface area (Å²) in [5, 5.41) is 0.710. The number of carbonyl (C=O) groups excluding carboxylic acids is 1. The number of carbonyl (C=O) groups is 1. The zero-order valence-electron chi connectivity index (χ0n) is 23.6. The van der Waals surface area contributed by atoms with Crippen LogP contribution in [0.1, 0.15) is 60.0 Å². The SMILES string of the molecule is CO[C@H]1/C=C/C[C@H](C)C[S-](=O)=NC(=O)c2ccc3c(c2)N(Cc2ccc(Cl)cc2[C@H]2C#C[C@H]2CCO3)C[C@@H]2CC[C@H]21. The van der Waals surface area contributed by atoms with Crippen LogP contribution in [0.5, 0.6) is 5.75 Å². The summed E-state index contributed by atoms with van der Waals surface area (Å²) < 4.78 is 29.2. The first-order chi connectivity index (χ1) is 19.9. The number of rotatable bonds is 1. The van der Waals surface area contributed by atoms with Gasteiger partial charge in [0.2, 0.25) is 0 Å². The summed E-state index contributed by atoms with van der Waals surface area (Å²) in [5.74, 6) is 8.60. The van der Waals surface area contributed by atoms with Crippen molar-refractivity contribution in [1.29, 1.82) is 0 Å². The maximum atomic E-state index is 13.2. The van der Waals surface area contributed by atoms with E-state index >= 15 is 0 Å². The highest BCUT2D eigenvalue weighted by atomic mass is 35.5. The zero-order valence-corrected chi connectivity index (χ0v) is 25.1. The number of halogens is 1. The van der Waals surface area contributed by atoms with Crippen molar-refractivity contribution in [2.75, 3.05) is 30.9 Å². The first-order valence-electron chi connectivity index (χ1n) is 14.5. The topological polar surface area (TPSA) is 68.2 Å². The normalized spacial score (nSPS) is 30.7. The van der Waals surface area contributed by atoms with Gasteiger partial charge in [-0.25, -0.2) is 0 Å². The molecule has 0 unspecified atom stereocenters. The molecule has 0 N–H and O–H groups in total. The zero-order chi connectivity index (χ0) is 28.5. The molecule has 2 aromatic rings. The molecule has 0 radical (unpaired) electrons. The number of fused-ring (bicyclic) bond motifs is 5. The van der Waals surface area contributed by atoms with E-state index in [9.17, 15) is 9.00 Å². The number of methoxy groups -OCH3 is 1. The lowest BCUT2D eigenvalue weighted by Crippen LogP contribution is -2.43. The minimum atomic E-state index is -1.60. The maximum Gasteiger partial charge on any atom is 0.254 e. The number of anilines is 1. The van der Waals surface area contributed by atoms with Gasteiger partial charge < -0.3 is 22.9 Å². The van der Waals surface area contributed by atoms with Crippen molar-refractivity contribution in [1.82, 2.24) is 0 Å². The molecule has 4 aliphatic rings. The summed E-state index contributed by atoms with van der Waals surface area (Å²) in [5.41, 5.74) is 3.62. The molecule has 1 amide bonds. The van der Waals surface area contributed by atoms with E-state index in [2.05, 4.69) is 45.4 Å². The van der Waals surface area contributed by atoms with Gasteiger partial charge in [-0.05, 0) is 79.0 Å². The Morgan fingerprint density at radius 3 is 2.78 bits per heavy atom. The van der Waals surface area contributed by atoms with Crippen molar-refractivity contribution in [2.24, 2.45) is 28.0 Å². The average molecular weight is 592 g/mol. The van der Waals surface area contributed by atoms with Gasteiger partial charge in [-0.3, -0.25) is 4.79 Å². The Kier molecular flexibility index (Phi) is 8.44. The minimum Gasteiger partial charge on any atom is -0.491 e. The highest BCUT2D eigenvalue weighted by Crippen LogP contribution is 2.43. The Morgan fingerprint density at radius 1 is 1.15 bits per heavy atom. The molecular formula is C33H36ClN2O4S-. The van der Waals surface area contributed by atoms with E-state index < -0.39 is 16.5 Å². The quantitative estimate of drug-likeness (QED) is 0.208. The van der Waals surface area contributed by atoms with Crippen LogP contribution in [0.15, 0.2) is 52.9 Å². The molecule has 6 rings (SSSR count). The maximum absolute atomic E-state index is 13.2. The Labute approximate surface area is 249 Å². The standard InChI is InChI=1S/C33H36ClN2O4S/c1-21-4-3-5-31(39-2)28-12-8-24(28)18-36-19-25-6-10-26(34)17-29(25)27-11-7-22(27)14-15-40-32-13-9-23(16-30(32)36)33(37)35-41(38)20-21/h3,5-6,9-10,13,16-17,21-22,24,27-28,31H,4,8,12,14-15,18-20H2,1-2H3/q-1/b5-3+/t21-,22-,24-,27-,28+,31-/m0/s1. The molecule has 2 aromatic carbocycles. The summed E-state index contributed by atoms with van der Waals surface area (Å²) in [4.78, 5) is 15.5. The van der Waals surface area contributed by atoms with Crippen molar-refractivity contribution >= 4 is 33.8 Å². The molecule has 2 aliphatic heterocycles. The van der Waals surface area contributed by atoms with Crippen LogP contribution in [0.2, 0.25) is 5.02 Å². The van der Waals surface area contributed by atoms with Crippen molar-refractivity contribution in [3.63, 3.8) is 0 Å². The van der Waals surface area contributed by atoms with Crippen LogP contribution in [-0.2, 0) is 26.1 Å². The van der Waals surface area contributed by atoms with E-state index in [4.69, 9.17) is 21.1 Å². The largest absolute Gasteiger partial charge is 0.491 e. The second kappa shape index (κ2) is 12.2. The van der Waals surface area contributed by atoms with Crippen LogP contribution in [0, 0.1) is 35.5 Å². The van der Waals surface area contributed by atoms with Crippen molar-refractivity contribution in [3.8, 4) is 17.6 Å². The fourth-order valence-electron chi connectivity index (χ4n) is 6.46. The third-order valence-electron chi connectivity index (χ3n) is 8.97. The van der Waals surface area contributed by atoms with Crippen LogP contribution in [0.4, 0.5) is 5.69 Å². The van der Waals surface area contributed by atoms with E-state index in [0.29, 0.717) is 41.3 Å². The number of ether oxygens (including phenoxy) is 2. The van der Waals surface area contributed by atoms with E-state index in [0.717, 1.165) is 43.7 Å². The number of benzene rings is 2. The predicted molar refractivity (Wildman–Crippen MR) is 163 cm³/mol. The Hall–Kier alpha value is -2.79. The number of amides is 1. The van der Waals surface area contributed by atoms with E-state index in [1.165, 1.54) is 11.1 Å². The molecule has 0 spiro atoms. The third-order valence-corrected chi connectivity index (χ3v) is 10.4. The summed E-state index contributed by atoms with van der Waals surface area (Å²) in [7, 11) is 0.178. The van der Waals surface area contributed by atoms with Crippen molar-refractivity contribution in [2.45, 2.75) is 51.2 Å². The molecule has 2 bridgehead atoms. The minimum absolute atomic E-state index is 0.0220. The predicted octanol–water partition coefficient (Wildman–Crippen LogP) is 6.77. The number of allylic oxidation sites excluding steroid dienone is 1. The summed E-state index contributed by atoms with van der Waals surface area (Å²) >= 11 is 6.49. The van der Waals surface area contributed by atoms with E-state index in [1.807, 2.05) is 25.1 Å². The van der Waals surface area contributed by atoms with Gasteiger partial charge in [0, 0.05) is 36.7 Å². The van der Waals surface area contributed by atoms with Crippen LogP contribution >= 0.6 is 11.6 Å². The number of nitrogens with zero attached hydrogens (tertiary/aromatic N) is 2.